The second kappa shape index (κ2) is 6.16. The molecule has 3 aromatic rings. The van der Waals surface area contributed by atoms with E-state index in [0.29, 0.717) is 16.9 Å². The van der Waals surface area contributed by atoms with Gasteiger partial charge in [0.25, 0.3) is 0 Å². The van der Waals surface area contributed by atoms with Crippen molar-refractivity contribution in [3.63, 3.8) is 0 Å². The number of hydrogen-bond donors (Lipinski definition) is 1. The van der Waals surface area contributed by atoms with E-state index >= 15 is 0 Å². The van der Waals surface area contributed by atoms with E-state index in [0.717, 1.165) is 0 Å². The van der Waals surface area contributed by atoms with Gasteiger partial charge in [0.2, 0.25) is 11.2 Å². The fraction of sp³-hybridized carbons (Fsp3) is 0.167. The van der Waals surface area contributed by atoms with E-state index in [2.05, 4.69) is 0 Å². The molecule has 0 fully saturated rings. The molecule has 1 heterocycles. The summed E-state index contributed by atoms with van der Waals surface area (Å²) in [6.45, 7) is 0. The molecule has 6 heteroatoms. The Labute approximate surface area is 137 Å². The lowest BCUT2D eigenvalue weighted by Gasteiger charge is -2.12. The van der Waals surface area contributed by atoms with Gasteiger partial charge >= 0.3 is 0 Å². The topological polar surface area (TPSA) is 78.1 Å². The first-order valence-corrected chi connectivity index (χ1v) is 7.14. The summed E-state index contributed by atoms with van der Waals surface area (Å²) >= 11 is 0. The van der Waals surface area contributed by atoms with E-state index in [1.54, 1.807) is 31.4 Å². The van der Waals surface area contributed by atoms with Crippen LogP contribution in [-0.4, -0.2) is 26.4 Å². The summed E-state index contributed by atoms with van der Waals surface area (Å²) in [7, 11) is 4.36. The quantitative estimate of drug-likeness (QED) is 0.792. The molecule has 0 saturated heterocycles. The van der Waals surface area contributed by atoms with Crippen molar-refractivity contribution in [3.8, 4) is 34.1 Å². The van der Waals surface area contributed by atoms with E-state index < -0.39 is 0 Å². The van der Waals surface area contributed by atoms with E-state index in [1.807, 2.05) is 0 Å². The highest BCUT2D eigenvalue weighted by Gasteiger charge is 2.20. The summed E-state index contributed by atoms with van der Waals surface area (Å²) < 4.78 is 21.1. The van der Waals surface area contributed by atoms with Crippen molar-refractivity contribution in [3.05, 3.63) is 46.8 Å². The Morgan fingerprint density at radius 3 is 2.21 bits per heavy atom. The van der Waals surface area contributed by atoms with E-state index in [9.17, 15) is 9.90 Å². The minimum absolute atomic E-state index is 0.0872. The van der Waals surface area contributed by atoms with Crippen LogP contribution in [0.25, 0.3) is 22.1 Å². The van der Waals surface area contributed by atoms with Gasteiger partial charge < -0.3 is 23.7 Å². The molecule has 3 rings (SSSR count). The molecule has 1 aromatic heterocycles. The molecule has 2 aromatic carbocycles. The highest BCUT2D eigenvalue weighted by molar-refractivity contribution is 5.91. The molecule has 0 atom stereocenters. The maximum atomic E-state index is 12.9. The standard InChI is InChI=1S/C18H16O6/c1-21-11-6-4-10(5-7-11)12-9-24-14-8-13(19)17(22-2)18(23-3)15(14)16(12)20/h4-9,19H,1-3H3. The van der Waals surface area contributed by atoms with Gasteiger partial charge in [0.1, 0.15) is 23.0 Å². The molecular weight excluding hydrogens is 312 g/mol. The Bertz CT molecular complexity index is 940. The molecule has 6 nitrogen and oxygen atoms in total. The Hall–Kier alpha value is -3.15. The van der Waals surface area contributed by atoms with E-state index in [1.165, 1.54) is 26.5 Å². The minimum atomic E-state index is -0.281. The van der Waals surface area contributed by atoms with Crippen molar-refractivity contribution < 1.29 is 23.7 Å². The summed E-state index contributed by atoms with van der Waals surface area (Å²) in [6, 6.07) is 8.37. The summed E-state index contributed by atoms with van der Waals surface area (Å²) in [6.07, 6.45) is 1.36. The molecule has 0 aliphatic heterocycles. The largest absolute Gasteiger partial charge is 0.504 e. The Kier molecular flexibility index (Phi) is 4.04. The van der Waals surface area contributed by atoms with Crippen molar-refractivity contribution in [1.29, 1.82) is 0 Å². The highest BCUT2D eigenvalue weighted by Crippen LogP contribution is 2.41. The number of phenols is 1. The molecule has 0 aliphatic carbocycles. The van der Waals surface area contributed by atoms with Gasteiger partial charge in [-0.2, -0.15) is 0 Å². The Morgan fingerprint density at radius 1 is 0.958 bits per heavy atom. The van der Waals surface area contributed by atoms with Crippen LogP contribution in [0.3, 0.4) is 0 Å². The highest BCUT2D eigenvalue weighted by atomic mass is 16.5. The van der Waals surface area contributed by atoms with Crippen LogP contribution in [-0.2, 0) is 0 Å². The molecule has 0 spiro atoms. The van der Waals surface area contributed by atoms with Gasteiger partial charge in [-0.3, -0.25) is 4.79 Å². The van der Waals surface area contributed by atoms with Gasteiger partial charge in [-0.15, -0.1) is 0 Å². The number of methoxy groups -OCH3 is 3. The van der Waals surface area contributed by atoms with E-state index in [-0.39, 0.29) is 33.6 Å². The third-order valence-electron chi connectivity index (χ3n) is 3.76. The van der Waals surface area contributed by atoms with Gasteiger partial charge in [-0.25, -0.2) is 0 Å². The molecule has 0 aliphatic rings. The second-order valence-corrected chi connectivity index (χ2v) is 5.04. The van der Waals surface area contributed by atoms with Crippen molar-refractivity contribution in [2.45, 2.75) is 0 Å². The van der Waals surface area contributed by atoms with E-state index in [4.69, 9.17) is 18.6 Å². The predicted octanol–water partition coefficient (Wildman–Crippen LogP) is 3.19. The number of phenolic OH excluding ortho intramolecular Hbond substituents is 1. The normalized spacial score (nSPS) is 10.6. The number of hydrogen-bond acceptors (Lipinski definition) is 6. The zero-order valence-corrected chi connectivity index (χ0v) is 13.5. The molecule has 0 amide bonds. The summed E-state index contributed by atoms with van der Waals surface area (Å²) in [5.41, 5.74) is 0.987. The molecule has 24 heavy (non-hydrogen) atoms. The van der Waals surface area contributed by atoms with Crippen molar-refractivity contribution in [2.24, 2.45) is 0 Å². The lowest BCUT2D eigenvalue weighted by molar-refractivity contribution is 0.335. The van der Waals surface area contributed by atoms with Crippen LogP contribution in [0.1, 0.15) is 0 Å². The number of ether oxygens (including phenoxy) is 3. The summed E-state index contributed by atoms with van der Waals surface area (Å²) in [4.78, 5) is 12.9. The maximum Gasteiger partial charge on any atom is 0.204 e. The lowest BCUT2D eigenvalue weighted by atomic mass is 10.0. The molecular formula is C18H16O6. The van der Waals surface area contributed by atoms with Crippen LogP contribution < -0.4 is 19.6 Å². The first kappa shape index (κ1) is 15.7. The van der Waals surface area contributed by atoms with Crippen LogP contribution in [0, 0.1) is 0 Å². The third-order valence-corrected chi connectivity index (χ3v) is 3.76. The van der Waals surface area contributed by atoms with Crippen LogP contribution in [0.15, 0.2) is 45.8 Å². The van der Waals surface area contributed by atoms with Gasteiger partial charge in [0.15, 0.2) is 11.5 Å². The first-order valence-electron chi connectivity index (χ1n) is 7.14. The number of benzene rings is 2. The van der Waals surface area contributed by atoms with Crippen molar-refractivity contribution in [1.82, 2.24) is 0 Å². The van der Waals surface area contributed by atoms with Gasteiger partial charge in [-0.1, -0.05) is 12.1 Å². The van der Waals surface area contributed by atoms with Gasteiger partial charge in [0, 0.05) is 6.07 Å². The number of fused-ring (bicyclic) bond motifs is 1. The molecule has 0 unspecified atom stereocenters. The monoisotopic (exact) mass is 328 g/mol. The second-order valence-electron chi connectivity index (χ2n) is 5.04. The van der Waals surface area contributed by atoms with Crippen molar-refractivity contribution >= 4 is 11.0 Å². The molecule has 0 radical (unpaired) electrons. The summed E-state index contributed by atoms with van der Waals surface area (Å²) in [5.74, 6) is 0.746. The minimum Gasteiger partial charge on any atom is -0.504 e. The third kappa shape index (κ3) is 2.42. The fourth-order valence-electron chi connectivity index (χ4n) is 2.58. The molecule has 1 N–H and O–H groups in total. The SMILES string of the molecule is COc1ccc(-c2coc3cc(O)c(OC)c(OC)c3c2=O)cc1. The molecule has 124 valence electrons. The van der Waals surface area contributed by atoms with Crippen LogP contribution in [0.5, 0.6) is 23.0 Å². The molecule has 0 bridgehead atoms. The smallest absolute Gasteiger partial charge is 0.204 e. The van der Waals surface area contributed by atoms with Crippen LogP contribution >= 0.6 is 0 Å². The van der Waals surface area contributed by atoms with Gasteiger partial charge in [-0.05, 0) is 17.7 Å². The number of rotatable bonds is 4. The number of aromatic hydroxyl groups is 1. The fourth-order valence-corrected chi connectivity index (χ4v) is 2.58. The van der Waals surface area contributed by atoms with Crippen molar-refractivity contribution in [2.75, 3.05) is 21.3 Å². The summed E-state index contributed by atoms with van der Waals surface area (Å²) in [5, 5.41) is 10.2. The maximum absolute atomic E-state index is 12.9. The Morgan fingerprint density at radius 2 is 1.62 bits per heavy atom. The Balaban J connectivity index is 2.30. The molecule has 0 saturated carbocycles. The zero-order valence-electron chi connectivity index (χ0n) is 13.5. The predicted molar refractivity (Wildman–Crippen MR) is 89.2 cm³/mol. The first-order chi connectivity index (χ1) is 11.6. The lowest BCUT2D eigenvalue weighted by Crippen LogP contribution is -2.07. The average molecular weight is 328 g/mol. The van der Waals surface area contributed by atoms with Crippen LogP contribution in [0.4, 0.5) is 0 Å². The van der Waals surface area contributed by atoms with Crippen LogP contribution in [0.2, 0.25) is 0 Å². The zero-order chi connectivity index (χ0) is 17.3. The van der Waals surface area contributed by atoms with Gasteiger partial charge in [0.05, 0.1) is 26.9 Å². The average Bonchev–Trinajstić information content (AvgIpc) is 2.61.